The first-order valence-electron chi connectivity index (χ1n) is 7.89. The molecule has 5 nitrogen and oxygen atoms in total. The Morgan fingerprint density at radius 2 is 1.80 bits per heavy atom. The summed E-state index contributed by atoms with van der Waals surface area (Å²) in [6.07, 6.45) is 1.79. The van der Waals surface area contributed by atoms with Gasteiger partial charge in [-0.2, -0.15) is 0 Å². The van der Waals surface area contributed by atoms with Gasteiger partial charge in [0.1, 0.15) is 11.5 Å². The summed E-state index contributed by atoms with van der Waals surface area (Å²) in [7, 11) is 7.01. The highest BCUT2D eigenvalue weighted by molar-refractivity contribution is 6.11. The molecule has 5 heteroatoms. The summed E-state index contributed by atoms with van der Waals surface area (Å²) in [5, 5.41) is 0. The molecule has 0 aliphatic rings. The van der Waals surface area contributed by atoms with Gasteiger partial charge in [0.05, 0.1) is 25.6 Å². The number of ether oxygens (including phenoxy) is 2. The van der Waals surface area contributed by atoms with Crippen LogP contribution in [0.2, 0.25) is 0 Å². The highest BCUT2D eigenvalue weighted by atomic mass is 16.5. The van der Waals surface area contributed by atoms with E-state index in [2.05, 4.69) is 0 Å². The average molecular weight is 340 g/mol. The number of methoxy groups -OCH3 is 2. The van der Waals surface area contributed by atoms with Crippen LogP contribution in [0.4, 0.5) is 11.4 Å². The number of rotatable bonds is 6. The zero-order valence-corrected chi connectivity index (χ0v) is 15.3. The van der Waals surface area contributed by atoms with Crippen molar-refractivity contribution in [3.05, 3.63) is 53.1 Å². The fourth-order valence-electron chi connectivity index (χ4n) is 2.58. The van der Waals surface area contributed by atoms with Gasteiger partial charge in [-0.1, -0.05) is 0 Å². The molecule has 0 aliphatic carbocycles. The molecule has 0 radical (unpaired) electrons. The van der Waals surface area contributed by atoms with Crippen LogP contribution >= 0.6 is 0 Å². The molecule has 0 fully saturated rings. The van der Waals surface area contributed by atoms with Crippen LogP contribution in [-0.4, -0.2) is 34.1 Å². The van der Waals surface area contributed by atoms with Crippen LogP contribution in [-0.2, 0) is 0 Å². The molecule has 0 aromatic heterocycles. The molecule has 2 aromatic rings. The Bertz CT molecular complexity index is 811. The number of anilines is 2. The first-order chi connectivity index (χ1) is 11.9. The second kappa shape index (κ2) is 7.75. The van der Waals surface area contributed by atoms with Gasteiger partial charge in [0.15, 0.2) is 5.78 Å². The lowest BCUT2D eigenvalue weighted by molar-refractivity contribution is 0.103. The minimum atomic E-state index is -0.0816. The highest BCUT2D eigenvalue weighted by Crippen LogP contribution is 2.28. The normalized spacial score (nSPS) is 11.2. The van der Waals surface area contributed by atoms with Gasteiger partial charge in [-0.05, 0) is 55.0 Å². The quantitative estimate of drug-likeness (QED) is 0.494. The number of nitrogens with two attached hydrogens (primary N) is 1. The van der Waals surface area contributed by atoms with Crippen molar-refractivity contribution in [2.75, 3.05) is 38.9 Å². The van der Waals surface area contributed by atoms with E-state index in [-0.39, 0.29) is 5.78 Å². The second-order valence-electron chi connectivity index (χ2n) is 5.93. The summed E-state index contributed by atoms with van der Waals surface area (Å²) >= 11 is 0. The van der Waals surface area contributed by atoms with E-state index >= 15 is 0 Å². The van der Waals surface area contributed by atoms with Gasteiger partial charge < -0.3 is 20.1 Å². The number of hydrogen-bond donors (Lipinski definition) is 1. The van der Waals surface area contributed by atoms with Crippen LogP contribution in [0, 0.1) is 0 Å². The molecule has 0 amide bonds. The van der Waals surface area contributed by atoms with E-state index in [1.807, 2.05) is 43.3 Å². The Kier molecular flexibility index (Phi) is 5.70. The first kappa shape index (κ1) is 18.4. The topological polar surface area (TPSA) is 64.8 Å². The van der Waals surface area contributed by atoms with E-state index < -0.39 is 0 Å². The molecular weight excluding hydrogens is 316 g/mol. The molecule has 132 valence electrons. The molecule has 0 atom stereocenters. The maximum atomic E-state index is 12.7. The molecule has 2 aromatic carbocycles. The Balaban J connectivity index is 2.37. The van der Waals surface area contributed by atoms with Gasteiger partial charge >= 0.3 is 0 Å². The molecule has 0 saturated carbocycles. The fourth-order valence-corrected chi connectivity index (χ4v) is 2.58. The first-order valence-corrected chi connectivity index (χ1v) is 7.89. The summed E-state index contributed by atoms with van der Waals surface area (Å²) in [6.45, 7) is 1.78. The number of nitrogens with zero attached hydrogens (tertiary/aromatic N) is 1. The smallest absolute Gasteiger partial charge is 0.188 e. The number of nitrogen functional groups attached to an aromatic ring is 1. The van der Waals surface area contributed by atoms with Gasteiger partial charge in [-0.25, -0.2) is 0 Å². The number of hydrogen-bond acceptors (Lipinski definition) is 5. The lowest BCUT2D eigenvalue weighted by Crippen LogP contribution is -2.12. The number of benzene rings is 2. The maximum Gasteiger partial charge on any atom is 0.188 e. The van der Waals surface area contributed by atoms with Crippen LogP contribution in [0.1, 0.15) is 22.8 Å². The van der Waals surface area contributed by atoms with Gasteiger partial charge in [-0.15, -0.1) is 0 Å². The van der Waals surface area contributed by atoms with Crippen molar-refractivity contribution in [1.82, 2.24) is 0 Å². The van der Waals surface area contributed by atoms with Crippen LogP contribution in [0.3, 0.4) is 0 Å². The Morgan fingerprint density at radius 1 is 1.08 bits per heavy atom. The number of carbonyl (C=O) groups excluding carboxylic acids is 1. The van der Waals surface area contributed by atoms with E-state index in [9.17, 15) is 4.79 Å². The Labute approximate surface area is 148 Å². The van der Waals surface area contributed by atoms with Gasteiger partial charge in [0.2, 0.25) is 0 Å². The second-order valence-corrected chi connectivity index (χ2v) is 5.93. The zero-order valence-electron chi connectivity index (χ0n) is 15.3. The minimum Gasteiger partial charge on any atom is -0.497 e. The zero-order chi connectivity index (χ0) is 18.6. The van der Waals surface area contributed by atoms with Gasteiger partial charge in [0, 0.05) is 25.2 Å². The summed E-state index contributed by atoms with van der Waals surface area (Å²) in [4.78, 5) is 14.6. The Morgan fingerprint density at radius 3 is 2.36 bits per heavy atom. The monoisotopic (exact) mass is 340 g/mol. The maximum absolute atomic E-state index is 12.7. The Hall–Kier alpha value is -2.95. The molecular formula is C20H24N2O3. The highest BCUT2D eigenvalue weighted by Gasteiger charge is 2.12. The van der Waals surface area contributed by atoms with Crippen molar-refractivity contribution in [2.45, 2.75) is 6.92 Å². The molecule has 0 heterocycles. The molecule has 0 saturated heterocycles. The molecule has 0 spiro atoms. The third kappa shape index (κ3) is 4.12. The van der Waals surface area contributed by atoms with Crippen LogP contribution < -0.4 is 20.1 Å². The van der Waals surface area contributed by atoms with Crippen molar-refractivity contribution in [1.29, 1.82) is 0 Å². The SMILES string of the molecule is COc1ccc(OC)c(C=C(C)C(=O)c2ccc(N(C)C)c(N)c2)c1. The standard InChI is InChI=1S/C20H24N2O3/c1-13(10-15-11-16(24-4)7-9-19(15)25-5)20(23)14-6-8-18(22(2)3)17(21)12-14/h6-12H,21H2,1-5H3. The van der Waals surface area contributed by atoms with Gasteiger partial charge in [-0.3, -0.25) is 4.79 Å². The molecule has 0 bridgehead atoms. The molecule has 25 heavy (non-hydrogen) atoms. The number of carbonyl (C=O) groups is 1. The van der Waals surface area contributed by atoms with E-state index in [1.165, 1.54) is 0 Å². The van der Waals surface area contributed by atoms with Crippen molar-refractivity contribution in [3.63, 3.8) is 0 Å². The fraction of sp³-hybridized carbons (Fsp3) is 0.250. The number of ketones is 1. The lowest BCUT2D eigenvalue weighted by Gasteiger charge is -2.15. The van der Waals surface area contributed by atoms with Crippen molar-refractivity contribution >= 4 is 23.2 Å². The predicted molar refractivity (Wildman–Crippen MR) is 103 cm³/mol. The molecule has 2 rings (SSSR count). The third-order valence-corrected chi connectivity index (χ3v) is 3.94. The largest absolute Gasteiger partial charge is 0.497 e. The van der Waals surface area contributed by atoms with Crippen LogP contribution in [0.5, 0.6) is 11.5 Å². The third-order valence-electron chi connectivity index (χ3n) is 3.94. The summed E-state index contributed by atoms with van der Waals surface area (Å²) in [5.74, 6) is 1.30. The van der Waals surface area contributed by atoms with Crippen molar-refractivity contribution in [2.24, 2.45) is 0 Å². The predicted octanol–water partition coefficient (Wildman–Crippen LogP) is 3.64. The van der Waals surface area contributed by atoms with Crippen molar-refractivity contribution in [3.8, 4) is 11.5 Å². The minimum absolute atomic E-state index is 0.0816. The van der Waals surface area contributed by atoms with Crippen molar-refractivity contribution < 1.29 is 14.3 Å². The summed E-state index contributed by atoms with van der Waals surface area (Å²) in [5.41, 5.74) is 9.42. The number of allylic oxidation sites excluding steroid dienone is 1. The van der Waals surface area contributed by atoms with E-state index in [0.29, 0.717) is 28.3 Å². The van der Waals surface area contributed by atoms with Crippen LogP contribution in [0.25, 0.3) is 6.08 Å². The van der Waals surface area contributed by atoms with E-state index in [4.69, 9.17) is 15.2 Å². The van der Waals surface area contributed by atoms with E-state index in [0.717, 1.165) is 11.3 Å². The van der Waals surface area contributed by atoms with Gasteiger partial charge in [0.25, 0.3) is 0 Å². The van der Waals surface area contributed by atoms with E-state index in [1.54, 1.807) is 39.4 Å². The van der Waals surface area contributed by atoms with Crippen LogP contribution in [0.15, 0.2) is 42.0 Å². The molecule has 0 aliphatic heterocycles. The molecule has 2 N–H and O–H groups in total. The lowest BCUT2D eigenvalue weighted by atomic mass is 10.0. The average Bonchev–Trinajstić information content (AvgIpc) is 2.60. The number of Topliss-reactive ketones (excluding diaryl/α,β-unsaturated/α-hetero) is 1. The summed E-state index contributed by atoms with van der Waals surface area (Å²) < 4.78 is 10.6. The summed E-state index contributed by atoms with van der Waals surface area (Å²) in [6, 6.07) is 10.8. The molecule has 0 unspecified atom stereocenters.